The zero-order chi connectivity index (χ0) is 10.1. The molecule has 0 bridgehead atoms. The maximum absolute atomic E-state index is 9.06. The van der Waals surface area contributed by atoms with E-state index in [1.165, 1.54) is 0 Å². The first-order valence-corrected chi connectivity index (χ1v) is 4.75. The van der Waals surface area contributed by atoms with Gasteiger partial charge < -0.3 is 5.11 Å². The molecule has 0 aliphatic heterocycles. The molecule has 0 amide bonds. The maximum atomic E-state index is 9.06. The van der Waals surface area contributed by atoms with Gasteiger partial charge >= 0.3 is 0 Å². The molecule has 0 aliphatic rings. The molecule has 1 N–H and O–H groups in total. The number of hydrogen-bond donors (Lipinski definition) is 1. The summed E-state index contributed by atoms with van der Waals surface area (Å²) in [6.45, 7) is 2.20. The third kappa shape index (κ3) is 1.40. The fourth-order valence-corrected chi connectivity index (χ4v) is 1.57. The van der Waals surface area contributed by atoms with E-state index in [-0.39, 0.29) is 12.5 Å². The van der Waals surface area contributed by atoms with Crippen LogP contribution < -0.4 is 0 Å². The van der Waals surface area contributed by atoms with Crippen LogP contribution in [0.25, 0.3) is 10.9 Å². The number of aliphatic hydroxyl groups is 1. The van der Waals surface area contributed by atoms with Crippen LogP contribution in [0.4, 0.5) is 0 Å². The Labute approximate surface area is 83.0 Å². The van der Waals surface area contributed by atoms with Gasteiger partial charge in [-0.05, 0) is 11.6 Å². The SMILES string of the molecule is CC(CO)c1ccc2cnn(C)c2c1. The highest BCUT2D eigenvalue weighted by atomic mass is 16.3. The van der Waals surface area contributed by atoms with Gasteiger partial charge in [-0.2, -0.15) is 5.10 Å². The molecule has 3 heteroatoms. The molecule has 0 fully saturated rings. The van der Waals surface area contributed by atoms with Crippen molar-refractivity contribution in [2.45, 2.75) is 12.8 Å². The van der Waals surface area contributed by atoms with E-state index in [2.05, 4.69) is 11.2 Å². The molecule has 0 saturated heterocycles. The second kappa shape index (κ2) is 3.42. The van der Waals surface area contributed by atoms with Crippen LogP contribution in [0, 0.1) is 0 Å². The van der Waals surface area contributed by atoms with Crippen LogP contribution in [0.1, 0.15) is 18.4 Å². The third-order valence-corrected chi connectivity index (χ3v) is 2.62. The molecule has 0 spiro atoms. The highest BCUT2D eigenvalue weighted by Crippen LogP contribution is 2.20. The quantitative estimate of drug-likeness (QED) is 0.782. The van der Waals surface area contributed by atoms with E-state index in [0.717, 1.165) is 16.5 Å². The van der Waals surface area contributed by atoms with Crippen molar-refractivity contribution in [2.24, 2.45) is 7.05 Å². The number of aryl methyl sites for hydroxylation is 1. The molecule has 0 saturated carbocycles. The van der Waals surface area contributed by atoms with Crippen LogP contribution in [-0.2, 0) is 7.05 Å². The molecule has 74 valence electrons. The summed E-state index contributed by atoms with van der Waals surface area (Å²) >= 11 is 0. The summed E-state index contributed by atoms with van der Waals surface area (Å²) in [4.78, 5) is 0. The number of aliphatic hydroxyl groups excluding tert-OH is 1. The number of hydrogen-bond acceptors (Lipinski definition) is 2. The maximum Gasteiger partial charge on any atom is 0.0681 e. The normalized spacial score (nSPS) is 13.4. The number of rotatable bonds is 2. The lowest BCUT2D eigenvalue weighted by molar-refractivity contribution is 0.273. The number of aromatic nitrogens is 2. The molecule has 3 nitrogen and oxygen atoms in total. The largest absolute Gasteiger partial charge is 0.396 e. The first kappa shape index (κ1) is 9.21. The molecule has 2 aromatic rings. The summed E-state index contributed by atoms with van der Waals surface area (Å²) in [6.07, 6.45) is 1.85. The molecule has 0 radical (unpaired) electrons. The van der Waals surface area contributed by atoms with E-state index in [1.807, 2.05) is 37.0 Å². The minimum Gasteiger partial charge on any atom is -0.396 e. The lowest BCUT2D eigenvalue weighted by Crippen LogP contribution is -1.99. The van der Waals surface area contributed by atoms with Gasteiger partial charge in [0.2, 0.25) is 0 Å². The van der Waals surface area contributed by atoms with Crippen molar-refractivity contribution in [3.05, 3.63) is 30.0 Å². The van der Waals surface area contributed by atoms with Gasteiger partial charge in [0.25, 0.3) is 0 Å². The molecule has 0 aliphatic carbocycles. The van der Waals surface area contributed by atoms with E-state index in [1.54, 1.807) is 0 Å². The second-order valence-corrected chi connectivity index (χ2v) is 3.67. The summed E-state index contributed by atoms with van der Waals surface area (Å²) in [7, 11) is 1.93. The molecule has 1 heterocycles. The van der Waals surface area contributed by atoms with Gasteiger partial charge in [0.1, 0.15) is 0 Å². The van der Waals surface area contributed by atoms with Crippen molar-refractivity contribution >= 4 is 10.9 Å². The third-order valence-electron chi connectivity index (χ3n) is 2.62. The van der Waals surface area contributed by atoms with Crippen molar-refractivity contribution < 1.29 is 5.11 Å². The summed E-state index contributed by atoms with van der Waals surface area (Å²) in [5.74, 6) is 0.189. The van der Waals surface area contributed by atoms with Crippen molar-refractivity contribution in [1.82, 2.24) is 9.78 Å². The number of nitrogens with zero attached hydrogens (tertiary/aromatic N) is 2. The predicted octanol–water partition coefficient (Wildman–Crippen LogP) is 1.67. The Morgan fingerprint density at radius 2 is 2.29 bits per heavy atom. The van der Waals surface area contributed by atoms with Gasteiger partial charge in [-0.25, -0.2) is 0 Å². The lowest BCUT2D eigenvalue weighted by atomic mass is 10.0. The minimum atomic E-state index is 0.184. The standard InChI is InChI=1S/C11H14N2O/c1-8(7-14)9-3-4-10-6-12-13(2)11(10)5-9/h3-6,8,14H,7H2,1-2H3. The molecule has 1 aromatic heterocycles. The molecular formula is C11H14N2O. The Kier molecular flexibility index (Phi) is 2.25. The van der Waals surface area contributed by atoms with E-state index in [4.69, 9.17) is 5.11 Å². The van der Waals surface area contributed by atoms with Gasteiger partial charge in [0.15, 0.2) is 0 Å². The molecule has 1 unspecified atom stereocenters. The Morgan fingerprint density at radius 1 is 1.50 bits per heavy atom. The van der Waals surface area contributed by atoms with E-state index in [0.29, 0.717) is 0 Å². The Morgan fingerprint density at radius 3 is 3.00 bits per heavy atom. The molecule has 2 rings (SSSR count). The Hall–Kier alpha value is -1.35. The van der Waals surface area contributed by atoms with Gasteiger partial charge in [-0.3, -0.25) is 4.68 Å². The van der Waals surface area contributed by atoms with Crippen LogP contribution in [0.15, 0.2) is 24.4 Å². The minimum absolute atomic E-state index is 0.184. The molecular weight excluding hydrogens is 176 g/mol. The summed E-state index contributed by atoms with van der Waals surface area (Å²) < 4.78 is 1.85. The van der Waals surface area contributed by atoms with Gasteiger partial charge in [0, 0.05) is 25.0 Å². The van der Waals surface area contributed by atoms with E-state index < -0.39 is 0 Å². The van der Waals surface area contributed by atoms with Crippen LogP contribution >= 0.6 is 0 Å². The summed E-state index contributed by atoms with van der Waals surface area (Å²) in [5.41, 5.74) is 2.27. The van der Waals surface area contributed by atoms with Crippen LogP contribution in [0.3, 0.4) is 0 Å². The van der Waals surface area contributed by atoms with Gasteiger partial charge in [-0.15, -0.1) is 0 Å². The van der Waals surface area contributed by atoms with Crippen LogP contribution in [0.5, 0.6) is 0 Å². The fourth-order valence-electron chi connectivity index (χ4n) is 1.57. The zero-order valence-corrected chi connectivity index (χ0v) is 8.44. The number of fused-ring (bicyclic) bond motifs is 1. The molecule has 14 heavy (non-hydrogen) atoms. The molecule has 1 atom stereocenters. The first-order chi connectivity index (χ1) is 6.72. The van der Waals surface area contributed by atoms with E-state index in [9.17, 15) is 0 Å². The highest BCUT2D eigenvalue weighted by molar-refractivity contribution is 5.79. The van der Waals surface area contributed by atoms with E-state index >= 15 is 0 Å². The monoisotopic (exact) mass is 190 g/mol. The van der Waals surface area contributed by atoms with Crippen LogP contribution in [0.2, 0.25) is 0 Å². The highest BCUT2D eigenvalue weighted by Gasteiger charge is 2.06. The predicted molar refractivity (Wildman–Crippen MR) is 56.2 cm³/mol. The van der Waals surface area contributed by atoms with Gasteiger partial charge in [-0.1, -0.05) is 19.1 Å². The lowest BCUT2D eigenvalue weighted by Gasteiger charge is -2.08. The van der Waals surface area contributed by atoms with Crippen molar-refractivity contribution in [3.63, 3.8) is 0 Å². The van der Waals surface area contributed by atoms with Crippen LogP contribution in [-0.4, -0.2) is 21.5 Å². The van der Waals surface area contributed by atoms with Crippen molar-refractivity contribution in [2.75, 3.05) is 6.61 Å². The smallest absolute Gasteiger partial charge is 0.0681 e. The molecule has 1 aromatic carbocycles. The van der Waals surface area contributed by atoms with Crippen molar-refractivity contribution in [1.29, 1.82) is 0 Å². The topological polar surface area (TPSA) is 38.1 Å². The Balaban J connectivity index is 2.54. The first-order valence-electron chi connectivity index (χ1n) is 4.75. The average Bonchev–Trinajstić information content (AvgIpc) is 2.59. The van der Waals surface area contributed by atoms with Crippen molar-refractivity contribution in [3.8, 4) is 0 Å². The Bertz CT molecular complexity index is 447. The number of benzene rings is 1. The summed E-state index contributed by atoms with van der Waals surface area (Å²) in [5, 5.41) is 14.4. The fraction of sp³-hybridized carbons (Fsp3) is 0.364. The second-order valence-electron chi connectivity index (χ2n) is 3.67. The summed E-state index contributed by atoms with van der Waals surface area (Å²) in [6, 6.07) is 6.18. The van der Waals surface area contributed by atoms with Gasteiger partial charge in [0.05, 0.1) is 11.7 Å². The average molecular weight is 190 g/mol. The zero-order valence-electron chi connectivity index (χ0n) is 8.44.